The third-order valence-corrected chi connectivity index (χ3v) is 13.3. The van der Waals surface area contributed by atoms with E-state index >= 15 is 0 Å². The van der Waals surface area contributed by atoms with Gasteiger partial charge in [0.05, 0.1) is 33.8 Å². The number of hydrogen-bond acceptors (Lipinski definition) is 6. The van der Waals surface area contributed by atoms with E-state index in [1.807, 2.05) is 33.3 Å². The Morgan fingerprint density at radius 3 is 1.43 bits per heavy atom. The highest BCUT2D eigenvalue weighted by atomic mass is 31.2. The highest BCUT2D eigenvalue weighted by Gasteiger charge is 2.30. The average Bonchev–Trinajstić information content (AvgIpc) is 3.28. The molecule has 0 aliphatic heterocycles. The largest absolute Gasteiger partial charge is 0.472 e. The maximum Gasteiger partial charge on any atom is 0.472 e. The second kappa shape index (κ2) is 47.6. The number of quaternary nitrogens is 1. The number of hydrogen-bond donors (Lipinski definition) is 2. The minimum Gasteiger partial charge on any atom is -0.456 e. The maximum absolute atomic E-state index is 13.5. The molecule has 0 aromatic rings. The lowest BCUT2D eigenvalue weighted by molar-refractivity contribution is -0.870. The molecule has 9 nitrogen and oxygen atoms in total. The minimum absolute atomic E-state index is 0.0372. The number of rotatable bonds is 50. The molecule has 0 aromatic carbocycles. The quantitative estimate of drug-likeness (QED) is 0.0205. The van der Waals surface area contributed by atoms with E-state index in [4.69, 9.17) is 13.8 Å². The Morgan fingerprint density at radius 1 is 0.537 bits per heavy atom. The highest BCUT2D eigenvalue weighted by Crippen LogP contribution is 2.43. The first-order valence-corrected chi connectivity index (χ1v) is 29.5. The molecule has 0 saturated heterocycles. The maximum atomic E-state index is 13.5. The zero-order valence-corrected chi connectivity index (χ0v) is 45.5. The molecule has 0 saturated carbocycles. The SMILES string of the molecule is CC/C=C/C/C=C/C/C=C/CCCCCCC(=O)OC(/C=C/CCCCCCCCCCCC)C(COP(=O)(O)OCC[N+](C)(C)C)NC(=O)CCCCCCCCCCCCCCCCC. The Balaban J connectivity index is 5.39. The van der Waals surface area contributed by atoms with Crippen LogP contribution in [-0.4, -0.2) is 74.3 Å². The first-order chi connectivity index (χ1) is 32.4. The van der Waals surface area contributed by atoms with Gasteiger partial charge < -0.3 is 19.4 Å². The molecule has 0 aliphatic rings. The summed E-state index contributed by atoms with van der Waals surface area (Å²) in [5.41, 5.74) is 0. The van der Waals surface area contributed by atoms with Gasteiger partial charge in [-0.2, -0.15) is 0 Å². The van der Waals surface area contributed by atoms with Gasteiger partial charge >= 0.3 is 13.8 Å². The van der Waals surface area contributed by atoms with E-state index < -0.39 is 20.0 Å². The third kappa shape index (κ3) is 48.8. The molecule has 0 rings (SSSR count). The topological polar surface area (TPSA) is 111 Å². The van der Waals surface area contributed by atoms with Crippen LogP contribution in [-0.2, 0) is 27.9 Å². The summed E-state index contributed by atoms with van der Waals surface area (Å²) >= 11 is 0. The van der Waals surface area contributed by atoms with E-state index in [1.165, 1.54) is 128 Å². The molecule has 0 bridgehead atoms. The van der Waals surface area contributed by atoms with Gasteiger partial charge in [0, 0.05) is 12.8 Å². The second-order valence-corrected chi connectivity index (χ2v) is 21.5. The fourth-order valence-electron chi connectivity index (χ4n) is 7.95. The van der Waals surface area contributed by atoms with Crippen LogP contribution in [0.15, 0.2) is 48.6 Å². The monoisotopic (exact) mass is 964 g/mol. The Morgan fingerprint density at radius 2 is 0.955 bits per heavy atom. The number of nitrogens with one attached hydrogen (secondary N) is 1. The number of amides is 1. The number of allylic oxidation sites excluding steroid dienone is 7. The van der Waals surface area contributed by atoms with Crippen molar-refractivity contribution < 1.29 is 37.3 Å². The average molecular weight is 964 g/mol. The lowest BCUT2D eigenvalue weighted by atomic mass is 10.0. The van der Waals surface area contributed by atoms with Gasteiger partial charge in [0.25, 0.3) is 0 Å². The molecule has 3 atom stereocenters. The van der Waals surface area contributed by atoms with Crippen LogP contribution in [0.5, 0.6) is 0 Å². The number of phosphoric ester groups is 1. The van der Waals surface area contributed by atoms with Gasteiger partial charge in [0.15, 0.2) is 0 Å². The van der Waals surface area contributed by atoms with Crippen molar-refractivity contribution in [3.63, 3.8) is 0 Å². The van der Waals surface area contributed by atoms with Crippen LogP contribution in [0.2, 0.25) is 0 Å². The number of likely N-dealkylation sites (N-methyl/N-ethyl adjacent to an activating group) is 1. The summed E-state index contributed by atoms with van der Waals surface area (Å²) in [4.78, 5) is 37.5. The fourth-order valence-corrected chi connectivity index (χ4v) is 8.69. The first kappa shape index (κ1) is 65.0. The zero-order chi connectivity index (χ0) is 49.4. The number of esters is 1. The summed E-state index contributed by atoms with van der Waals surface area (Å²) in [6, 6.07) is -0.853. The van der Waals surface area contributed by atoms with Crippen LogP contribution < -0.4 is 5.32 Å². The van der Waals surface area contributed by atoms with E-state index in [2.05, 4.69) is 62.5 Å². The molecule has 0 aliphatic carbocycles. The lowest BCUT2D eigenvalue weighted by Crippen LogP contribution is -2.47. The molecule has 3 unspecified atom stereocenters. The molecule has 392 valence electrons. The van der Waals surface area contributed by atoms with Crippen LogP contribution in [0, 0.1) is 0 Å². The molecular weight excluding hydrogens is 856 g/mol. The number of ether oxygens (including phenoxy) is 1. The standard InChI is InChI=1S/C57H107N2O7P/c1-7-10-13-16-19-22-25-28-30-31-34-37-40-43-46-49-56(60)58-54(53-65-67(62,63)64-52-51-59(4,5)6)55(48-45-42-39-36-33-27-24-21-18-15-12-9-3)66-57(61)50-47-44-41-38-35-32-29-26-23-20-17-14-11-8-2/h11,14,20,23,29,32,45,48,54-55H,7-10,12-13,15-19,21-22,24-28,30-31,33-44,46-47,49-53H2,1-6H3,(H-,58,60,62,63)/p+1/b14-11+,23-20+,32-29+,48-45+. The predicted octanol–water partition coefficient (Wildman–Crippen LogP) is 16.6. The van der Waals surface area contributed by atoms with E-state index in [9.17, 15) is 19.0 Å². The summed E-state index contributed by atoms with van der Waals surface area (Å²) in [6.45, 7) is 6.89. The highest BCUT2D eigenvalue weighted by molar-refractivity contribution is 7.47. The van der Waals surface area contributed by atoms with E-state index in [0.717, 1.165) is 83.5 Å². The van der Waals surface area contributed by atoms with Gasteiger partial charge in [-0.3, -0.25) is 18.6 Å². The molecule has 0 fully saturated rings. The summed E-state index contributed by atoms with van der Waals surface area (Å²) < 4.78 is 30.6. The molecule has 67 heavy (non-hydrogen) atoms. The van der Waals surface area contributed by atoms with Gasteiger partial charge in [-0.1, -0.05) is 224 Å². The second-order valence-electron chi connectivity index (χ2n) is 20.1. The Hall–Kier alpha value is -2.03. The van der Waals surface area contributed by atoms with Crippen LogP contribution in [0.1, 0.15) is 252 Å². The van der Waals surface area contributed by atoms with Crippen LogP contribution in [0.4, 0.5) is 0 Å². The van der Waals surface area contributed by atoms with Gasteiger partial charge in [-0.05, 0) is 63.9 Å². The Labute approximate surface area is 414 Å². The summed E-state index contributed by atoms with van der Waals surface area (Å²) in [6.07, 6.45) is 56.7. The number of nitrogens with zero attached hydrogens (tertiary/aromatic N) is 1. The van der Waals surface area contributed by atoms with Crippen LogP contribution >= 0.6 is 7.82 Å². The zero-order valence-electron chi connectivity index (χ0n) is 44.6. The van der Waals surface area contributed by atoms with E-state index in [0.29, 0.717) is 23.9 Å². The van der Waals surface area contributed by atoms with Crippen molar-refractivity contribution in [2.24, 2.45) is 0 Å². The van der Waals surface area contributed by atoms with Crippen LogP contribution in [0.25, 0.3) is 0 Å². The minimum atomic E-state index is -4.44. The van der Waals surface area contributed by atoms with E-state index in [1.54, 1.807) is 0 Å². The van der Waals surface area contributed by atoms with Gasteiger partial charge in [-0.25, -0.2) is 4.57 Å². The molecule has 0 heterocycles. The first-order valence-electron chi connectivity index (χ1n) is 28.0. The van der Waals surface area contributed by atoms with Gasteiger partial charge in [-0.15, -0.1) is 0 Å². The van der Waals surface area contributed by atoms with Crippen molar-refractivity contribution in [1.29, 1.82) is 0 Å². The summed E-state index contributed by atoms with van der Waals surface area (Å²) in [7, 11) is 1.49. The molecule has 1 amide bonds. The summed E-state index contributed by atoms with van der Waals surface area (Å²) in [5, 5.41) is 3.04. The third-order valence-electron chi connectivity index (χ3n) is 12.3. The smallest absolute Gasteiger partial charge is 0.456 e. The van der Waals surface area contributed by atoms with Crippen molar-refractivity contribution in [2.75, 3.05) is 40.9 Å². The van der Waals surface area contributed by atoms with Crippen molar-refractivity contribution >= 4 is 19.7 Å². The summed E-state index contributed by atoms with van der Waals surface area (Å²) in [5.74, 6) is -0.526. The van der Waals surface area contributed by atoms with E-state index in [-0.39, 0.29) is 31.5 Å². The predicted molar refractivity (Wildman–Crippen MR) is 286 cm³/mol. The molecule has 0 radical (unpaired) electrons. The molecule has 0 aromatic heterocycles. The number of carbonyl (C=O) groups excluding carboxylic acids is 2. The molecule has 2 N–H and O–H groups in total. The van der Waals surface area contributed by atoms with Crippen molar-refractivity contribution in [2.45, 2.75) is 264 Å². The van der Waals surface area contributed by atoms with Crippen molar-refractivity contribution in [1.82, 2.24) is 5.32 Å². The Kier molecular flexibility index (Phi) is 46.2. The molecule has 10 heteroatoms. The lowest BCUT2D eigenvalue weighted by Gasteiger charge is -2.27. The van der Waals surface area contributed by atoms with Gasteiger partial charge in [0.1, 0.15) is 19.3 Å². The molecule has 0 spiro atoms. The number of carbonyl (C=O) groups is 2. The van der Waals surface area contributed by atoms with Crippen LogP contribution in [0.3, 0.4) is 0 Å². The van der Waals surface area contributed by atoms with Crippen molar-refractivity contribution in [3.05, 3.63) is 48.6 Å². The number of unbranched alkanes of at least 4 members (excludes halogenated alkanes) is 28. The number of phosphoric acid groups is 1. The fraction of sp³-hybridized carbons (Fsp3) is 0.825. The Bertz CT molecular complexity index is 1290. The van der Waals surface area contributed by atoms with Gasteiger partial charge in [0.2, 0.25) is 5.91 Å². The normalized spacial score (nSPS) is 14.2. The molecular formula is C57H108N2O7P+. The van der Waals surface area contributed by atoms with Crippen molar-refractivity contribution in [3.8, 4) is 0 Å².